The average molecular weight is 585 g/mol. The molecular formula is C34H40N4O5. The van der Waals surface area contributed by atoms with Gasteiger partial charge in [-0.15, -0.1) is 0 Å². The van der Waals surface area contributed by atoms with Gasteiger partial charge in [0.05, 0.1) is 17.9 Å². The minimum atomic E-state index is -1.29. The molecule has 4 aliphatic heterocycles. The third-order valence-corrected chi connectivity index (χ3v) is 9.31. The number of likely N-dealkylation sites (tertiary alicyclic amines) is 1. The van der Waals surface area contributed by atoms with Crippen LogP contribution in [0.2, 0.25) is 0 Å². The van der Waals surface area contributed by atoms with Crippen LogP contribution in [0.4, 0.5) is 11.4 Å². The zero-order valence-electron chi connectivity index (χ0n) is 24.8. The van der Waals surface area contributed by atoms with E-state index in [9.17, 15) is 19.5 Å². The summed E-state index contributed by atoms with van der Waals surface area (Å²) >= 11 is 0. The molecule has 0 aliphatic carbocycles. The summed E-state index contributed by atoms with van der Waals surface area (Å²) in [6.45, 7) is 7.22. The van der Waals surface area contributed by atoms with Crippen LogP contribution in [0.25, 0.3) is 0 Å². The first-order valence-corrected chi connectivity index (χ1v) is 15.4. The van der Waals surface area contributed by atoms with Crippen molar-refractivity contribution in [2.45, 2.75) is 44.6 Å². The molecule has 4 heterocycles. The lowest BCUT2D eigenvalue weighted by atomic mass is 9.77. The van der Waals surface area contributed by atoms with E-state index in [-0.39, 0.29) is 30.9 Å². The summed E-state index contributed by atoms with van der Waals surface area (Å²) in [5, 5.41) is 9.66. The highest BCUT2D eigenvalue weighted by Gasteiger charge is 2.71. The molecule has 3 amide bonds. The molecule has 43 heavy (non-hydrogen) atoms. The van der Waals surface area contributed by atoms with Gasteiger partial charge in [0.25, 0.3) is 5.91 Å². The van der Waals surface area contributed by atoms with E-state index in [2.05, 4.69) is 18.7 Å². The second-order valence-electron chi connectivity index (χ2n) is 11.6. The van der Waals surface area contributed by atoms with E-state index in [4.69, 9.17) is 4.74 Å². The van der Waals surface area contributed by atoms with Crippen molar-refractivity contribution >= 4 is 29.1 Å². The first-order chi connectivity index (χ1) is 20.9. The molecule has 0 saturated carbocycles. The average Bonchev–Trinajstić information content (AvgIpc) is 3.34. The third-order valence-electron chi connectivity index (χ3n) is 9.31. The van der Waals surface area contributed by atoms with E-state index in [1.807, 2.05) is 78.9 Å². The highest BCUT2D eigenvalue weighted by molar-refractivity contribution is 6.05. The van der Waals surface area contributed by atoms with Crippen molar-refractivity contribution in [2.75, 3.05) is 49.1 Å². The van der Waals surface area contributed by atoms with E-state index in [0.717, 1.165) is 30.0 Å². The van der Waals surface area contributed by atoms with Crippen molar-refractivity contribution in [2.24, 2.45) is 11.8 Å². The Kier molecular flexibility index (Phi) is 8.11. The van der Waals surface area contributed by atoms with E-state index < -0.39 is 29.6 Å². The largest absolute Gasteiger partial charge is 0.396 e. The minimum Gasteiger partial charge on any atom is -0.396 e. The topological polar surface area (TPSA) is 93.6 Å². The number of carbonyl (C=O) groups excluding carboxylic acids is 3. The first-order valence-electron chi connectivity index (χ1n) is 15.4. The number of rotatable bonds is 9. The Balaban J connectivity index is 1.35. The van der Waals surface area contributed by atoms with Gasteiger partial charge in [-0.2, -0.15) is 0 Å². The zero-order valence-corrected chi connectivity index (χ0v) is 24.8. The van der Waals surface area contributed by atoms with Crippen molar-refractivity contribution in [3.8, 4) is 0 Å². The molecule has 2 saturated heterocycles. The van der Waals surface area contributed by atoms with Crippen LogP contribution in [0.5, 0.6) is 0 Å². The third kappa shape index (κ3) is 4.94. The number of hydrogen-bond acceptors (Lipinski definition) is 6. The number of carbonyl (C=O) groups is 3. The van der Waals surface area contributed by atoms with Gasteiger partial charge in [-0.05, 0) is 50.1 Å². The smallest absolute Gasteiger partial charge is 0.253 e. The van der Waals surface area contributed by atoms with E-state index in [0.29, 0.717) is 26.1 Å². The molecule has 0 aromatic heterocycles. The summed E-state index contributed by atoms with van der Waals surface area (Å²) in [4.78, 5) is 50.2. The van der Waals surface area contributed by atoms with Gasteiger partial charge >= 0.3 is 0 Å². The van der Waals surface area contributed by atoms with Gasteiger partial charge in [-0.1, -0.05) is 54.6 Å². The second kappa shape index (κ2) is 12.0. The van der Waals surface area contributed by atoms with Crippen LogP contribution in [0.1, 0.15) is 25.8 Å². The molecule has 0 bridgehead atoms. The maximum atomic E-state index is 14.5. The van der Waals surface area contributed by atoms with Gasteiger partial charge < -0.3 is 29.4 Å². The maximum Gasteiger partial charge on any atom is 0.253 e. The van der Waals surface area contributed by atoms with Gasteiger partial charge in [0.2, 0.25) is 11.8 Å². The van der Waals surface area contributed by atoms with E-state index >= 15 is 0 Å². The Labute approximate surface area is 253 Å². The molecule has 1 N–H and O–H groups in total. The zero-order chi connectivity index (χ0) is 30.1. The predicted molar refractivity (Wildman–Crippen MR) is 164 cm³/mol. The van der Waals surface area contributed by atoms with Crippen LogP contribution in [-0.4, -0.2) is 89.7 Å². The minimum absolute atomic E-state index is 0.117. The summed E-state index contributed by atoms with van der Waals surface area (Å²) in [6, 6.07) is 16.8. The highest BCUT2D eigenvalue weighted by atomic mass is 16.5. The number of aliphatic hydroxyl groups excluding tert-OH is 1. The van der Waals surface area contributed by atoms with Crippen molar-refractivity contribution in [3.63, 3.8) is 0 Å². The molecule has 1 spiro atoms. The van der Waals surface area contributed by atoms with Crippen LogP contribution in [-0.2, 0) is 25.7 Å². The predicted octanol–water partition coefficient (Wildman–Crippen LogP) is 3.00. The van der Waals surface area contributed by atoms with Crippen LogP contribution in [0.3, 0.4) is 0 Å². The lowest BCUT2D eigenvalue weighted by Crippen LogP contribution is -2.55. The summed E-state index contributed by atoms with van der Waals surface area (Å²) < 4.78 is 6.72. The number of ether oxygens (including phenoxy) is 1. The molecule has 2 aromatic carbocycles. The fraction of sp³-hybridized carbons (Fsp3) is 0.441. The summed E-state index contributed by atoms with van der Waals surface area (Å²) in [5.41, 5.74) is 1.53. The Morgan fingerprint density at radius 3 is 2.37 bits per heavy atom. The van der Waals surface area contributed by atoms with Crippen LogP contribution < -0.4 is 9.80 Å². The molecule has 2 fully saturated rings. The molecule has 9 heteroatoms. The van der Waals surface area contributed by atoms with Gasteiger partial charge in [0.15, 0.2) is 0 Å². The Bertz CT molecular complexity index is 1410. The van der Waals surface area contributed by atoms with Crippen molar-refractivity contribution in [1.82, 2.24) is 9.80 Å². The Morgan fingerprint density at radius 1 is 0.930 bits per heavy atom. The van der Waals surface area contributed by atoms with Gasteiger partial charge in [0, 0.05) is 57.3 Å². The molecule has 4 aliphatic rings. The molecule has 226 valence electrons. The van der Waals surface area contributed by atoms with Crippen LogP contribution in [0, 0.1) is 11.8 Å². The normalized spacial score (nSPS) is 28.1. The lowest BCUT2D eigenvalue weighted by Gasteiger charge is -2.35. The van der Waals surface area contributed by atoms with E-state index in [1.165, 1.54) is 0 Å². The quantitative estimate of drug-likeness (QED) is 0.456. The number of aliphatic hydroxyl groups is 1. The number of anilines is 2. The number of amides is 3. The molecular weight excluding hydrogens is 544 g/mol. The lowest BCUT2D eigenvalue weighted by molar-refractivity contribution is -0.144. The number of hydrogen-bond donors (Lipinski definition) is 1. The van der Waals surface area contributed by atoms with Gasteiger partial charge in [-0.3, -0.25) is 14.4 Å². The van der Waals surface area contributed by atoms with Crippen LogP contribution >= 0.6 is 0 Å². The summed E-state index contributed by atoms with van der Waals surface area (Å²) in [7, 11) is 0. The molecule has 1 unspecified atom stereocenters. The van der Waals surface area contributed by atoms with Gasteiger partial charge in [0.1, 0.15) is 11.6 Å². The van der Waals surface area contributed by atoms with Crippen molar-refractivity contribution in [1.29, 1.82) is 0 Å². The number of nitrogens with zero attached hydrogens (tertiary/aromatic N) is 4. The van der Waals surface area contributed by atoms with Gasteiger partial charge in [-0.25, -0.2) is 0 Å². The standard InChI is InChI=1S/C34H40N4O5/c1-3-35(4-2)25-14-16-26(17-15-25)37-20-9-18-34-29(32(41)38(21-10-22-39)30(34)33(37)42)28-27(43-34)13-8-19-36(31(28)40)23-24-11-6-5-7-12-24/h5-9,11-18,27-30,39H,3-4,10,19-23H2,1-2H3/t27-,28+,29+,30?,34+/m1/s1. The number of fused-ring (bicyclic) bond motifs is 2. The van der Waals surface area contributed by atoms with Crippen molar-refractivity contribution < 1.29 is 24.2 Å². The summed E-state index contributed by atoms with van der Waals surface area (Å²) in [6.07, 6.45) is 7.27. The van der Waals surface area contributed by atoms with Crippen LogP contribution in [0.15, 0.2) is 78.9 Å². The number of benzene rings is 2. The fourth-order valence-electron chi connectivity index (χ4n) is 7.28. The molecule has 0 radical (unpaired) electrons. The highest BCUT2D eigenvalue weighted by Crippen LogP contribution is 2.53. The first kappa shape index (κ1) is 29.1. The van der Waals surface area contributed by atoms with E-state index in [1.54, 1.807) is 14.7 Å². The summed E-state index contributed by atoms with van der Waals surface area (Å²) in [5.74, 6) is -2.27. The maximum absolute atomic E-state index is 14.5. The molecule has 9 nitrogen and oxygen atoms in total. The van der Waals surface area contributed by atoms with Crippen molar-refractivity contribution in [3.05, 3.63) is 84.5 Å². The Morgan fingerprint density at radius 2 is 1.67 bits per heavy atom. The molecule has 5 atom stereocenters. The monoisotopic (exact) mass is 584 g/mol. The molecule has 6 rings (SSSR count). The Hall–Kier alpha value is -3.95. The molecule has 2 aromatic rings. The fourth-order valence-corrected chi connectivity index (χ4v) is 7.28. The SMILES string of the molecule is CCN(CC)c1ccc(N2CC=C[C@]34O[C@@H]5C=CCN(Cc6ccccc6)C(=O)[C@@H]5[C@H]3C(=O)N(CCCO)C4C2=O)cc1. The second-order valence-corrected chi connectivity index (χ2v) is 11.6.